The van der Waals surface area contributed by atoms with Crippen LogP contribution in [-0.4, -0.2) is 4.92 Å². The van der Waals surface area contributed by atoms with Gasteiger partial charge in [-0.3, -0.25) is 10.1 Å². The topological polar surface area (TPSA) is 82.3 Å². The van der Waals surface area contributed by atoms with Crippen LogP contribution in [0.2, 0.25) is 5.02 Å². The minimum atomic E-state index is -0.565. The molecule has 0 amide bonds. The monoisotopic (exact) mass is 284 g/mol. The number of nitrogens with two attached hydrogens (primary N) is 1. The number of benzene rings is 1. The zero-order valence-electron chi connectivity index (χ0n) is 9.13. The minimum Gasteiger partial charge on any atom is -0.405 e. The predicted molar refractivity (Wildman–Crippen MR) is 70.8 cm³/mol. The van der Waals surface area contributed by atoms with Crippen LogP contribution in [-0.2, 0) is 5.75 Å². The Bertz CT molecular complexity index is 585. The minimum absolute atomic E-state index is 0.256. The van der Waals surface area contributed by atoms with Gasteiger partial charge in [-0.05, 0) is 24.3 Å². The SMILES string of the molecule is Nc1ccc(SCc2ccc([N+](=O)[O-])o2)c(Cl)c1. The summed E-state index contributed by atoms with van der Waals surface area (Å²) < 4.78 is 5.04. The molecule has 0 spiro atoms. The van der Waals surface area contributed by atoms with Crippen LogP contribution in [0.25, 0.3) is 0 Å². The molecule has 0 fully saturated rings. The van der Waals surface area contributed by atoms with Crippen LogP contribution in [0.5, 0.6) is 0 Å². The van der Waals surface area contributed by atoms with E-state index in [1.54, 1.807) is 24.3 Å². The van der Waals surface area contributed by atoms with Crippen molar-refractivity contribution < 1.29 is 9.34 Å². The molecular weight excluding hydrogens is 276 g/mol. The molecule has 18 heavy (non-hydrogen) atoms. The zero-order valence-corrected chi connectivity index (χ0v) is 10.7. The Morgan fingerprint density at radius 3 is 2.78 bits per heavy atom. The highest BCUT2D eigenvalue weighted by atomic mass is 35.5. The normalized spacial score (nSPS) is 10.5. The highest BCUT2D eigenvalue weighted by Gasteiger charge is 2.12. The highest BCUT2D eigenvalue weighted by Crippen LogP contribution is 2.32. The fraction of sp³-hybridized carbons (Fsp3) is 0.0909. The van der Waals surface area contributed by atoms with E-state index in [1.807, 2.05) is 0 Å². The van der Waals surface area contributed by atoms with Crippen molar-refractivity contribution in [2.24, 2.45) is 0 Å². The fourth-order valence-electron chi connectivity index (χ4n) is 1.33. The molecule has 0 bridgehead atoms. The summed E-state index contributed by atoms with van der Waals surface area (Å²) in [6, 6.07) is 8.13. The number of rotatable bonds is 4. The van der Waals surface area contributed by atoms with E-state index < -0.39 is 4.92 Å². The number of nitrogen functional groups attached to an aromatic ring is 1. The van der Waals surface area contributed by atoms with Gasteiger partial charge in [-0.2, -0.15) is 0 Å². The molecule has 0 aliphatic heterocycles. The van der Waals surface area contributed by atoms with E-state index in [1.165, 1.54) is 17.8 Å². The van der Waals surface area contributed by atoms with Crippen LogP contribution in [0.4, 0.5) is 11.6 Å². The molecule has 2 N–H and O–H groups in total. The first-order chi connectivity index (χ1) is 8.56. The van der Waals surface area contributed by atoms with E-state index in [0.717, 1.165) is 4.90 Å². The maximum absolute atomic E-state index is 10.5. The van der Waals surface area contributed by atoms with E-state index >= 15 is 0 Å². The Morgan fingerprint density at radius 2 is 2.17 bits per heavy atom. The summed E-state index contributed by atoms with van der Waals surface area (Å²) in [6.07, 6.45) is 0. The molecule has 0 unspecified atom stereocenters. The lowest BCUT2D eigenvalue weighted by atomic mass is 10.3. The van der Waals surface area contributed by atoms with Crippen LogP contribution in [0.15, 0.2) is 39.6 Å². The predicted octanol–water partition coefficient (Wildman–Crippen LogP) is 3.72. The van der Waals surface area contributed by atoms with E-state index in [0.29, 0.717) is 22.2 Å². The molecule has 0 aliphatic carbocycles. The molecule has 94 valence electrons. The van der Waals surface area contributed by atoms with Crippen molar-refractivity contribution in [3.8, 4) is 0 Å². The van der Waals surface area contributed by atoms with Crippen molar-refractivity contribution in [3.63, 3.8) is 0 Å². The average molecular weight is 285 g/mol. The standard InChI is InChI=1S/C11H9ClN2O3S/c12-9-5-7(13)1-3-10(9)18-6-8-2-4-11(17-8)14(15)16/h1-5H,6,13H2. The number of anilines is 1. The second-order valence-electron chi connectivity index (χ2n) is 3.48. The van der Waals surface area contributed by atoms with Crippen molar-refractivity contribution in [1.29, 1.82) is 0 Å². The van der Waals surface area contributed by atoms with Gasteiger partial charge in [-0.1, -0.05) is 11.6 Å². The van der Waals surface area contributed by atoms with E-state index in [2.05, 4.69) is 0 Å². The van der Waals surface area contributed by atoms with Crippen molar-refractivity contribution >= 4 is 34.9 Å². The van der Waals surface area contributed by atoms with Gasteiger partial charge in [-0.25, -0.2) is 0 Å². The third kappa shape index (κ3) is 2.96. The molecule has 1 aromatic heterocycles. The summed E-state index contributed by atoms with van der Waals surface area (Å²) in [7, 11) is 0. The van der Waals surface area contributed by atoms with Crippen LogP contribution in [0, 0.1) is 10.1 Å². The molecule has 1 aromatic carbocycles. The smallest absolute Gasteiger partial charge is 0.405 e. The Hall–Kier alpha value is -1.66. The van der Waals surface area contributed by atoms with E-state index in [9.17, 15) is 10.1 Å². The van der Waals surface area contributed by atoms with Crippen LogP contribution in [0.3, 0.4) is 0 Å². The van der Waals surface area contributed by atoms with Crippen molar-refractivity contribution in [2.75, 3.05) is 5.73 Å². The molecule has 2 rings (SSSR count). The summed E-state index contributed by atoms with van der Waals surface area (Å²) in [5.41, 5.74) is 6.18. The summed E-state index contributed by atoms with van der Waals surface area (Å²) in [6.45, 7) is 0. The maximum atomic E-state index is 10.5. The number of halogens is 1. The Kier molecular flexibility index (Phi) is 3.78. The van der Waals surface area contributed by atoms with Crippen molar-refractivity contribution in [3.05, 3.63) is 51.2 Å². The Morgan fingerprint density at radius 1 is 1.39 bits per heavy atom. The van der Waals surface area contributed by atoms with Crippen LogP contribution in [0.1, 0.15) is 5.76 Å². The van der Waals surface area contributed by atoms with E-state index in [4.69, 9.17) is 21.8 Å². The summed E-state index contributed by atoms with van der Waals surface area (Å²) >= 11 is 7.44. The number of nitro groups is 1. The third-order valence-corrected chi connectivity index (χ3v) is 3.67. The lowest BCUT2D eigenvalue weighted by molar-refractivity contribution is -0.402. The molecule has 1 heterocycles. The molecular formula is C11H9ClN2O3S. The second-order valence-corrected chi connectivity index (χ2v) is 4.90. The van der Waals surface area contributed by atoms with E-state index in [-0.39, 0.29) is 5.88 Å². The summed E-state index contributed by atoms with van der Waals surface area (Å²) in [5, 5.41) is 11.0. The average Bonchev–Trinajstić information content (AvgIpc) is 2.76. The zero-order chi connectivity index (χ0) is 13.1. The number of hydrogen-bond donors (Lipinski definition) is 1. The first-order valence-corrected chi connectivity index (χ1v) is 6.33. The van der Waals surface area contributed by atoms with Crippen molar-refractivity contribution in [2.45, 2.75) is 10.6 Å². The lowest BCUT2D eigenvalue weighted by Crippen LogP contribution is -1.85. The molecule has 5 nitrogen and oxygen atoms in total. The Balaban J connectivity index is 2.04. The van der Waals surface area contributed by atoms with Crippen molar-refractivity contribution in [1.82, 2.24) is 0 Å². The number of hydrogen-bond acceptors (Lipinski definition) is 5. The van der Waals surface area contributed by atoms with Crippen LogP contribution < -0.4 is 5.73 Å². The Labute approximate surface area is 112 Å². The van der Waals surface area contributed by atoms with Crippen LogP contribution >= 0.6 is 23.4 Å². The number of furan rings is 1. The molecule has 0 aliphatic rings. The summed E-state index contributed by atoms with van der Waals surface area (Å²) in [5.74, 6) is 0.742. The van der Waals surface area contributed by atoms with Gasteiger partial charge in [-0.15, -0.1) is 11.8 Å². The number of thioether (sulfide) groups is 1. The quantitative estimate of drug-likeness (QED) is 0.400. The fourth-order valence-corrected chi connectivity index (χ4v) is 2.49. The lowest BCUT2D eigenvalue weighted by Gasteiger charge is -2.03. The molecule has 0 saturated heterocycles. The first-order valence-electron chi connectivity index (χ1n) is 4.97. The van der Waals surface area contributed by atoms with Gasteiger partial charge in [0.2, 0.25) is 0 Å². The van der Waals surface area contributed by atoms with Gasteiger partial charge < -0.3 is 10.2 Å². The first kappa shape index (κ1) is 12.8. The third-order valence-electron chi connectivity index (χ3n) is 2.15. The molecule has 2 aromatic rings. The largest absolute Gasteiger partial charge is 0.433 e. The molecule has 0 saturated carbocycles. The maximum Gasteiger partial charge on any atom is 0.433 e. The van der Waals surface area contributed by atoms with Gasteiger partial charge in [0.25, 0.3) is 0 Å². The van der Waals surface area contributed by atoms with Gasteiger partial charge in [0.1, 0.15) is 10.7 Å². The van der Waals surface area contributed by atoms with Gasteiger partial charge >= 0.3 is 5.88 Å². The summed E-state index contributed by atoms with van der Waals surface area (Å²) in [4.78, 5) is 10.7. The number of nitrogens with zero attached hydrogens (tertiary/aromatic N) is 1. The van der Waals surface area contributed by atoms with Gasteiger partial charge in [0, 0.05) is 10.6 Å². The molecule has 0 radical (unpaired) electrons. The highest BCUT2D eigenvalue weighted by molar-refractivity contribution is 7.98. The molecule has 7 heteroatoms. The second kappa shape index (κ2) is 5.32. The van der Waals surface area contributed by atoms with Gasteiger partial charge in [0.15, 0.2) is 0 Å². The molecule has 0 atom stereocenters. The van der Waals surface area contributed by atoms with Gasteiger partial charge in [0.05, 0.1) is 16.8 Å².